The molecule has 0 bridgehead atoms. The summed E-state index contributed by atoms with van der Waals surface area (Å²) < 4.78 is 5.90. The number of nitrogens with one attached hydrogen (secondary N) is 1. The monoisotopic (exact) mass is 527 g/mol. The first-order valence-electron chi connectivity index (χ1n) is 13.6. The van der Waals surface area contributed by atoms with E-state index < -0.39 is 5.54 Å². The molecule has 202 valence electrons. The van der Waals surface area contributed by atoms with Crippen molar-refractivity contribution in [3.05, 3.63) is 60.2 Å². The van der Waals surface area contributed by atoms with E-state index in [1.165, 1.54) is 5.56 Å². The maximum Gasteiger partial charge on any atom is 0.246 e. The molecule has 1 atom stereocenters. The number of likely N-dealkylation sites (tertiary alicyclic amines) is 1. The number of amides is 2. The standard InChI is InChI=1S/C30H41N3O3.ClH/c1-4-5-18-33-28(34)27(22-23(2)3)31-29(35)30(33)16-20-32(21-17-30)19-15-24-11-13-26(14-12-24)36-25-9-7-6-8-10-25;/h6-14,23,27H,4-5,15-22H2,1-3H3,(H,31,35);1H/t27-;/m0./s1. The minimum atomic E-state index is -0.688. The largest absolute Gasteiger partial charge is 0.457 e. The maximum absolute atomic E-state index is 13.4. The van der Waals surface area contributed by atoms with Gasteiger partial charge in [-0.15, -0.1) is 12.4 Å². The molecule has 2 amide bonds. The quantitative estimate of drug-likeness (QED) is 0.446. The molecule has 2 heterocycles. The molecule has 4 rings (SSSR count). The zero-order chi connectivity index (χ0) is 25.5. The van der Waals surface area contributed by atoms with E-state index in [4.69, 9.17) is 4.74 Å². The molecule has 37 heavy (non-hydrogen) atoms. The zero-order valence-corrected chi connectivity index (χ0v) is 23.3. The van der Waals surface area contributed by atoms with Gasteiger partial charge in [-0.05, 0) is 67.9 Å². The minimum absolute atomic E-state index is 0. The molecule has 6 nitrogen and oxygen atoms in total. The van der Waals surface area contributed by atoms with Gasteiger partial charge in [-0.3, -0.25) is 9.59 Å². The van der Waals surface area contributed by atoms with Crippen LogP contribution in [0.5, 0.6) is 11.5 Å². The van der Waals surface area contributed by atoms with Crippen molar-refractivity contribution in [1.29, 1.82) is 0 Å². The molecule has 0 saturated carbocycles. The van der Waals surface area contributed by atoms with E-state index >= 15 is 0 Å². The lowest BCUT2D eigenvalue weighted by atomic mass is 9.80. The van der Waals surface area contributed by atoms with Gasteiger partial charge in [0.2, 0.25) is 11.8 Å². The van der Waals surface area contributed by atoms with E-state index in [0.717, 1.165) is 50.4 Å². The van der Waals surface area contributed by atoms with Crippen molar-refractivity contribution in [3.8, 4) is 11.5 Å². The maximum atomic E-state index is 13.4. The summed E-state index contributed by atoms with van der Waals surface area (Å²) in [5, 5.41) is 3.10. The van der Waals surface area contributed by atoms with Gasteiger partial charge in [0.1, 0.15) is 23.1 Å². The highest BCUT2D eigenvalue weighted by Gasteiger charge is 2.53. The molecular weight excluding hydrogens is 486 g/mol. The first kappa shape index (κ1) is 29.0. The second-order valence-corrected chi connectivity index (χ2v) is 10.7. The van der Waals surface area contributed by atoms with Gasteiger partial charge in [0, 0.05) is 26.2 Å². The molecule has 2 aromatic rings. The van der Waals surface area contributed by atoms with E-state index in [1.807, 2.05) is 47.4 Å². The van der Waals surface area contributed by atoms with Crippen LogP contribution in [-0.2, 0) is 16.0 Å². The number of carbonyl (C=O) groups excluding carboxylic acids is 2. The van der Waals surface area contributed by atoms with Crippen molar-refractivity contribution in [2.45, 2.75) is 70.9 Å². The van der Waals surface area contributed by atoms with E-state index in [9.17, 15) is 9.59 Å². The number of rotatable bonds is 10. The Bertz CT molecular complexity index is 1000. The minimum Gasteiger partial charge on any atom is -0.457 e. The second-order valence-electron chi connectivity index (χ2n) is 10.7. The van der Waals surface area contributed by atoms with Gasteiger partial charge in [-0.25, -0.2) is 0 Å². The number of piperazine rings is 1. The van der Waals surface area contributed by atoms with Gasteiger partial charge in [0.15, 0.2) is 0 Å². The summed E-state index contributed by atoms with van der Waals surface area (Å²) in [5.41, 5.74) is 0.578. The van der Waals surface area contributed by atoms with E-state index in [1.54, 1.807) is 0 Å². The van der Waals surface area contributed by atoms with Gasteiger partial charge < -0.3 is 19.9 Å². The lowest BCUT2D eigenvalue weighted by Crippen LogP contribution is -2.73. The average molecular weight is 528 g/mol. The highest BCUT2D eigenvalue weighted by atomic mass is 35.5. The topological polar surface area (TPSA) is 61.9 Å². The van der Waals surface area contributed by atoms with Crippen LogP contribution in [0, 0.1) is 5.92 Å². The van der Waals surface area contributed by atoms with Gasteiger partial charge >= 0.3 is 0 Å². The number of hydrogen-bond acceptors (Lipinski definition) is 4. The normalized spacial score (nSPS) is 19.6. The van der Waals surface area contributed by atoms with E-state index in [0.29, 0.717) is 31.7 Å². The summed E-state index contributed by atoms with van der Waals surface area (Å²) in [6.07, 6.45) is 4.99. The van der Waals surface area contributed by atoms with E-state index in [2.05, 4.69) is 43.1 Å². The molecule has 2 fully saturated rings. The molecule has 2 aliphatic rings. The first-order valence-corrected chi connectivity index (χ1v) is 13.6. The number of unbranched alkanes of at least 4 members (excludes halogenated alkanes) is 1. The number of piperidine rings is 1. The van der Waals surface area contributed by atoms with Gasteiger partial charge in [-0.1, -0.05) is 57.5 Å². The lowest BCUT2D eigenvalue weighted by Gasteiger charge is -2.52. The van der Waals surface area contributed by atoms with Crippen molar-refractivity contribution in [3.63, 3.8) is 0 Å². The van der Waals surface area contributed by atoms with Crippen molar-refractivity contribution in [2.24, 2.45) is 5.92 Å². The van der Waals surface area contributed by atoms with Crippen LogP contribution in [0.2, 0.25) is 0 Å². The Morgan fingerprint density at radius 1 is 0.973 bits per heavy atom. The van der Waals surface area contributed by atoms with Crippen LogP contribution in [0.25, 0.3) is 0 Å². The number of carbonyl (C=O) groups is 2. The molecule has 2 aromatic carbocycles. The fourth-order valence-electron chi connectivity index (χ4n) is 5.43. The van der Waals surface area contributed by atoms with Crippen molar-refractivity contribution in [2.75, 3.05) is 26.2 Å². The molecule has 0 aromatic heterocycles. The van der Waals surface area contributed by atoms with Crippen LogP contribution < -0.4 is 10.1 Å². The highest BCUT2D eigenvalue weighted by Crippen LogP contribution is 2.34. The van der Waals surface area contributed by atoms with Crippen molar-refractivity contribution < 1.29 is 14.3 Å². The van der Waals surface area contributed by atoms with Gasteiger partial charge in [0.25, 0.3) is 0 Å². The predicted molar refractivity (Wildman–Crippen MR) is 150 cm³/mol. The van der Waals surface area contributed by atoms with Gasteiger partial charge in [-0.2, -0.15) is 0 Å². The molecular formula is C30H42ClN3O3. The predicted octanol–water partition coefficient (Wildman–Crippen LogP) is 5.45. The third kappa shape index (κ3) is 7.05. The highest BCUT2D eigenvalue weighted by molar-refractivity contribution is 6.00. The SMILES string of the molecule is CCCCN1C(=O)[C@H](CC(C)C)NC(=O)C12CCN(CCc1ccc(Oc3ccccc3)cc1)CC2.Cl. The fourth-order valence-corrected chi connectivity index (χ4v) is 5.43. The Labute approximate surface area is 228 Å². The Hall–Kier alpha value is -2.57. The Morgan fingerprint density at radius 3 is 2.24 bits per heavy atom. The van der Waals surface area contributed by atoms with Crippen LogP contribution in [0.4, 0.5) is 0 Å². The third-order valence-corrected chi connectivity index (χ3v) is 7.55. The fraction of sp³-hybridized carbons (Fsp3) is 0.533. The smallest absolute Gasteiger partial charge is 0.246 e. The summed E-state index contributed by atoms with van der Waals surface area (Å²) in [6, 6.07) is 17.7. The lowest BCUT2D eigenvalue weighted by molar-refractivity contribution is -0.161. The first-order chi connectivity index (χ1) is 17.4. The molecule has 2 aliphatic heterocycles. The zero-order valence-electron chi connectivity index (χ0n) is 22.4. The molecule has 7 heteroatoms. The number of benzene rings is 2. The van der Waals surface area contributed by atoms with Crippen LogP contribution >= 0.6 is 12.4 Å². The number of para-hydroxylation sites is 1. The molecule has 0 aliphatic carbocycles. The summed E-state index contributed by atoms with van der Waals surface area (Å²) in [5.74, 6) is 2.20. The summed E-state index contributed by atoms with van der Waals surface area (Å²) in [4.78, 5) is 31.2. The van der Waals surface area contributed by atoms with Crippen LogP contribution in [-0.4, -0.2) is 59.4 Å². The summed E-state index contributed by atoms with van der Waals surface area (Å²) >= 11 is 0. The number of nitrogens with zero attached hydrogens (tertiary/aromatic N) is 2. The third-order valence-electron chi connectivity index (χ3n) is 7.55. The van der Waals surface area contributed by atoms with E-state index in [-0.39, 0.29) is 30.3 Å². The molecule has 1 spiro atoms. The molecule has 0 radical (unpaired) electrons. The molecule has 2 saturated heterocycles. The average Bonchev–Trinajstić information content (AvgIpc) is 2.88. The summed E-state index contributed by atoms with van der Waals surface area (Å²) in [7, 11) is 0. The Kier molecular flexibility index (Phi) is 10.4. The van der Waals surface area contributed by atoms with Gasteiger partial charge in [0.05, 0.1) is 0 Å². The molecule has 1 N–H and O–H groups in total. The Morgan fingerprint density at radius 2 is 1.62 bits per heavy atom. The number of ether oxygens (including phenoxy) is 1. The molecule has 0 unspecified atom stereocenters. The van der Waals surface area contributed by atoms with Crippen LogP contribution in [0.15, 0.2) is 54.6 Å². The second kappa shape index (κ2) is 13.3. The number of halogens is 1. The Balaban J connectivity index is 0.00000380. The van der Waals surface area contributed by atoms with Crippen LogP contribution in [0.3, 0.4) is 0 Å². The summed E-state index contributed by atoms with van der Waals surface area (Å²) in [6.45, 7) is 9.60. The van der Waals surface area contributed by atoms with Crippen LogP contribution in [0.1, 0.15) is 58.4 Å². The van der Waals surface area contributed by atoms with Crippen molar-refractivity contribution >= 4 is 24.2 Å². The van der Waals surface area contributed by atoms with Crippen molar-refractivity contribution in [1.82, 2.24) is 15.1 Å². The number of hydrogen-bond donors (Lipinski definition) is 1.